The second-order valence-corrected chi connectivity index (χ2v) is 13.7. The van der Waals surface area contributed by atoms with Crippen molar-refractivity contribution in [3.63, 3.8) is 0 Å². The Morgan fingerprint density at radius 2 is 1.59 bits per heavy atom. The van der Waals surface area contributed by atoms with Crippen molar-refractivity contribution in [3.8, 4) is 0 Å². The molecule has 1 heterocycles. The van der Waals surface area contributed by atoms with Crippen LogP contribution in [-0.4, -0.2) is 65.0 Å². The molecule has 9 nitrogen and oxygen atoms in total. The summed E-state index contributed by atoms with van der Waals surface area (Å²) in [5.41, 5.74) is -0.660. The fraction of sp³-hybridized carbons (Fsp3) is 0.821. The zero-order valence-electron chi connectivity index (χ0n) is 23.3. The molecule has 9 heteroatoms. The number of nitrogens with one attached hydrogen (secondary N) is 3. The maximum absolute atomic E-state index is 13.9. The third-order valence-corrected chi connectivity index (χ3v) is 8.72. The van der Waals surface area contributed by atoms with Gasteiger partial charge in [0.25, 0.3) is 5.91 Å². The van der Waals surface area contributed by atoms with E-state index in [1.165, 1.54) is 0 Å². The molecule has 3 saturated carbocycles. The molecule has 3 N–H and O–H groups in total. The van der Waals surface area contributed by atoms with E-state index in [1.807, 2.05) is 20.8 Å². The lowest BCUT2D eigenvalue weighted by atomic mass is 9.84. The van der Waals surface area contributed by atoms with E-state index in [1.54, 1.807) is 18.7 Å². The Balaban J connectivity index is 1.53. The maximum atomic E-state index is 13.9. The van der Waals surface area contributed by atoms with Gasteiger partial charge in [-0.15, -0.1) is 0 Å². The lowest BCUT2D eigenvalue weighted by Gasteiger charge is -2.38. The van der Waals surface area contributed by atoms with Gasteiger partial charge < -0.3 is 20.9 Å². The molecule has 3 aliphatic carbocycles. The third kappa shape index (κ3) is 5.85. The zero-order chi connectivity index (χ0) is 27.4. The smallest absolute Gasteiger partial charge is 0.289 e. The molecule has 4 fully saturated rings. The average molecular weight is 517 g/mol. The lowest BCUT2D eigenvalue weighted by molar-refractivity contribution is -0.147. The largest absolute Gasteiger partial charge is 0.347 e. The van der Waals surface area contributed by atoms with Crippen molar-refractivity contribution >= 4 is 29.4 Å². The summed E-state index contributed by atoms with van der Waals surface area (Å²) in [6.45, 7) is 13.9. The van der Waals surface area contributed by atoms with Gasteiger partial charge in [0.15, 0.2) is 0 Å². The number of nitrogens with zero attached hydrogens (tertiary/aromatic N) is 1. The van der Waals surface area contributed by atoms with Gasteiger partial charge in [-0.1, -0.05) is 61.3 Å². The van der Waals surface area contributed by atoms with E-state index in [0.29, 0.717) is 18.9 Å². The number of rotatable bonds is 10. The number of amides is 4. The van der Waals surface area contributed by atoms with Crippen molar-refractivity contribution < 1.29 is 24.0 Å². The fourth-order valence-corrected chi connectivity index (χ4v) is 5.75. The number of hydrogen-bond acceptors (Lipinski definition) is 5. The Labute approximate surface area is 220 Å². The predicted molar refractivity (Wildman–Crippen MR) is 138 cm³/mol. The zero-order valence-corrected chi connectivity index (χ0v) is 23.3. The Morgan fingerprint density at radius 3 is 2.11 bits per heavy atom. The number of likely N-dealkylation sites (tertiary alicyclic amines) is 1. The van der Waals surface area contributed by atoms with Crippen LogP contribution >= 0.6 is 0 Å². The van der Waals surface area contributed by atoms with Crippen LogP contribution in [0.5, 0.6) is 0 Å². The molecule has 0 spiro atoms. The summed E-state index contributed by atoms with van der Waals surface area (Å²) in [5, 5.41) is 8.54. The molecule has 0 bridgehead atoms. The van der Waals surface area contributed by atoms with Gasteiger partial charge in [-0.2, -0.15) is 0 Å². The summed E-state index contributed by atoms with van der Waals surface area (Å²) in [7, 11) is 0. The maximum Gasteiger partial charge on any atom is 0.289 e. The highest BCUT2D eigenvalue weighted by molar-refractivity contribution is 6.38. The summed E-state index contributed by atoms with van der Waals surface area (Å²) in [5.74, 6) is -1.93. The van der Waals surface area contributed by atoms with Crippen molar-refractivity contribution in [1.82, 2.24) is 20.9 Å². The molecule has 1 saturated heterocycles. The molecule has 0 aromatic heterocycles. The van der Waals surface area contributed by atoms with E-state index >= 15 is 0 Å². The summed E-state index contributed by atoms with van der Waals surface area (Å²) >= 11 is 0. The van der Waals surface area contributed by atoms with E-state index in [0.717, 1.165) is 25.7 Å². The monoisotopic (exact) mass is 516 g/mol. The minimum absolute atomic E-state index is 0.0326. The minimum Gasteiger partial charge on any atom is -0.347 e. The number of hydrogen-bond donors (Lipinski definition) is 3. The highest BCUT2D eigenvalue weighted by Crippen LogP contribution is 2.65. The number of ketones is 1. The molecule has 206 valence electrons. The fourth-order valence-electron chi connectivity index (χ4n) is 5.75. The third-order valence-electron chi connectivity index (χ3n) is 8.72. The first-order valence-electron chi connectivity index (χ1n) is 13.9. The van der Waals surface area contributed by atoms with Crippen molar-refractivity contribution in [2.45, 2.75) is 105 Å². The van der Waals surface area contributed by atoms with Crippen molar-refractivity contribution in [2.24, 2.45) is 34.5 Å². The van der Waals surface area contributed by atoms with Gasteiger partial charge >= 0.3 is 0 Å². The van der Waals surface area contributed by atoms with Gasteiger partial charge in [-0.3, -0.25) is 24.0 Å². The van der Waals surface area contributed by atoms with Crippen molar-refractivity contribution in [2.75, 3.05) is 6.54 Å². The Morgan fingerprint density at radius 1 is 0.973 bits per heavy atom. The first-order valence-corrected chi connectivity index (χ1v) is 13.9. The van der Waals surface area contributed by atoms with Crippen LogP contribution < -0.4 is 16.0 Å². The van der Waals surface area contributed by atoms with Crippen LogP contribution in [0.25, 0.3) is 0 Å². The van der Waals surface area contributed by atoms with Crippen LogP contribution in [-0.2, 0) is 24.0 Å². The number of Topliss-reactive ketones (excluding diaryl/α,β-unsaturated/α-hetero) is 1. The van der Waals surface area contributed by atoms with Gasteiger partial charge in [0, 0.05) is 18.5 Å². The SMILES string of the molecule is CC(C)C(=O)N[C@H](C(=O)N1C[C@H]2[C@@H]([C@H]1C(=O)NC(CC1CC1)C(=O)C(=O)NC1CC1)C2(C)C)C(C)(C)C. The first-order chi connectivity index (χ1) is 17.1. The molecular formula is C28H44N4O5. The molecule has 1 unspecified atom stereocenters. The van der Waals surface area contributed by atoms with Gasteiger partial charge in [0.05, 0.1) is 6.04 Å². The normalized spacial score (nSPS) is 27.7. The summed E-state index contributed by atoms with van der Waals surface area (Å²) in [4.78, 5) is 67.4. The van der Waals surface area contributed by atoms with Crippen LogP contribution in [0.1, 0.15) is 80.6 Å². The molecule has 4 aliphatic rings. The number of piperidine rings is 1. The molecule has 37 heavy (non-hydrogen) atoms. The topological polar surface area (TPSA) is 125 Å². The van der Waals surface area contributed by atoms with E-state index in [-0.39, 0.29) is 46.9 Å². The second kappa shape index (κ2) is 9.70. The molecular weight excluding hydrogens is 472 g/mol. The average Bonchev–Trinajstić information content (AvgIpc) is 3.74. The highest BCUT2D eigenvalue weighted by atomic mass is 16.2. The number of carbonyl (C=O) groups is 5. The number of fused-ring (bicyclic) bond motifs is 1. The van der Waals surface area contributed by atoms with E-state index < -0.39 is 35.2 Å². The molecule has 4 amide bonds. The molecule has 0 radical (unpaired) electrons. The Kier molecular flexibility index (Phi) is 7.23. The Hall–Kier alpha value is -2.45. The van der Waals surface area contributed by atoms with E-state index in [2.05, 4.69) is 29.8 Å². The molecule has 1 aliphatic heterocycles. The van der Waals surface area contributed by atoms with E-state index in [4.69, 9.17) is 0 Å². The van der Waals surface area contributed by atoms with Crippen LogP contribution in [0.3, 0.4) is 0 Å². The Bertz CT molecular complexity index is 976. The summed E-state index contributed by atoms with van der Waals surface area (Å²) < 4.78 is 0. The summed E-state index contributed by atoms with van der Waals surface area (Å²) in [6.07, 6.45) is 4.16. The molecule has 0 aromatic carbocycles. The van der Waals surface area contributed by atoms with Crippen molar-refractivity contribution in [3.05, 3.63) is 0 Å². The second-order valence-electron chi connectivity index (χ2n) is 13.7. The quantitative estimate of drug-likeness (QED) is 0.382. The molecule has 0 aromatic rings. The lowest BCUT2D eigenvalue weighted by Crippen LogP contribution is -2.61. The van der Waals surface area contributed by atoms with Crippen LogP contribution in [0.4, 0.5) is 0 Å². The predicted octanol–water partition coefficient (Wildman–Crippen LogP) is 1.79. The van der Waals surface area contributed by atoms with Crippen LogP contribution in [0.2, 0.25) is 0 Å². The highest BCUT2D eigenvalue weighted by Gasteiger charge is 2.70. The van der Waals surface area contributed by atoms with Gasteiger partial charge in [-0.25, -0.2) is 0 Å². The minimum atomic E-state index is -0.893. The van der Waals surface area contributed by atoms with Crippen LogP contribution in [0.15, 0.2) is 0 Å². The standard InChI is InChI=1S/C28H44N4O5/c1-14(2)23(34)31-22(27(3,4)5)26(37)32-13-17-19(28(17,6)7)20(32)24(35)30-18(12-15-8-9-15)21(33)25(36)29-16-10-11-16/h14-20,22H,8-13H2,1-7H3,(H,29,36)(H,30,35)(H,31,34)/t17-,18?,19-,20-,22+/m0/s1. The van der Waals surface area contributed by atoms with Gasteiger partial charge in [0.2, 0.25) is 23.5 Å². The van der Waals surface area contributed by atoms with Crippen LogP contribution in [0, 0.1) is 34.5 Å². The molecule has 4 rings (SSSR count). The van der Waals surface area contributed by atoms with Crippen molar-refractivity contribution in [1.29, 1.82) is 0 Å². The first kappa shape index (κ1) is 27.6. The number of carbonyl (C=O) groups excluding carboxylic acids is 5. The van der Waals surface area contributed by atoms with E-state index in [9.17, 15) is 24.0 Å². The summed E-state index contributed by atoms with van der Waals surface area (Å²) in [6, 6.07) is -2.36. The van der Waals surface area contributed by atoms with Gasteiger partial charge in [0.1, 0.15) is 12.1 Å². The van der Waals surface area contributed by atoms with Gasteiger partial charge in [-0.05, 0) is 47.8 Å². The molecule has 5 atom stereocenters.